The van der Waals surface area contributed by atoms with Gasteiger partial charge >= 0.3 is 6.03 Å². The number of benzene rings is 1. The molecular weight excluding hydrogens is 553 g/mol. The summed E-state index contributed by atoms with van der Waals surface area (Å²) < 4.78 is 26.0. The van der Waals surface area contributed by atoms with Gasteiger partial charge in [0.05, 0.1) is 19.8 Å². The van der Waals surface area contributed by atoms with E-state index in [4.69, 9.17) is 15.2 Å². The quantitative estimate of drug-likeness (QED) is 0.190. The molecule has 1 aliphatic rings. The smallest absolute Gasteiger partial charge is 0.320 e. The number of aromatic nitrogens is 2. The highest BCUT2D eigenvalue weighted by Crippen LogP contribution is 2.40. The van der Waals surface area contributed by atoms with Crippen molar-refractivity contribution in [1.82, 2.24) is 15.3 Å². The van der Waals surface area contributed by atoms with E-state index in [1.54, 1.807) is 38.9 Å². The molecule has 42 heavy (non-hydrogen) atoms. The first-order valence-electron chi connectivity index (χ1n) is 13.8. The molecule has 1 aromatic carbocycles. The number of nitrogens with zero attached hydrogens (tertiary/aromatic N) is 2. The van der Waals surface area contributed by atoms with Crippen molar-refractivity contribution >= 4 is 29.3 Å². The van der Waals surface area contributed by atoms with Gasteiger partial charge in [-0.05, 0) is 78.2 Å². The number of hydrogen-bond donors (Lipinski definition) is 3. The van der Waals surface area contributed by atoms with E-state index >= 15 is 4.39 Å². The molecule has 4 N–H and O–H groups in total. The van der Waals surface area contributed by atoms with Crippen LogP contribution in [0.5, 0.6) is 11.5 Å². The van der Waals surface area contributed by atoms with Crippen LogP contribution < -0.4 is 25.8 Å². The normalized spacial score (nSPS) is 14.5. The standard InChI is InChI=1S/C32H34FN5O3S/c1-4-36-31(39)38-30-15-25(23-12-24(42-19-23)14-29(33)32(34)9-5-6-10-32)26(18-37-30)22-11-21(16-35-17-22)20-7-8-27(40-2)28(13-20)41-3/h7-8,11-19H,4-6,9-10,34H2,1-3H3,(H2,36,37,38,39)/b29-14-. The molecule has 1 fully saturated rings. The Morgan fingerprint density at radius 3 is 2.50 bits per heavy atom. The van der Waals surface area contributed by atoms with Gasteiger partial charge in [-0.3, -0.25) is 10.3 Å². The average molecular weight is 588 g/mol. The van der Waals surface area contributed by atoms with Gasteiger partial charge in [-0.1, -0.05) is 18.9 Å². The molecule has 4 aromatic rings. The largest absolute Gasteiger partial charge is 0.493 e. The second-order valence-corrected chi connectivity index (χ2v) is 11.2. The molecular formula is C32H34FN5O3S. The van der Waals surface area contributed by atoms with E-state index in [1.807, 2.05) is 48.7 Å². The summed E-state index contributed by atoms with van der Waals surface area (Å²) in [6.07, 6.45) is 10.00. The molecule has 3 heterocycles. The molecule has 0 bridgehead atoms. The lowest BCUT2D eigenvalue weighted by Gasteiger charge is -2.20. The van der Waals surface area contributed by atoms with Crippen LogP contribution in [0.1, 0.15) is 37.5 Å². The van der Waals surface area contributed by atoms with Gasteiger partial charge < -0.3 is 20.5 Å². The maximum absolute atomic E-state index is 15.2. The number of nitrogens with two attached hydrogens (primary N) is 1. The molecule has 8 nitrogen and oxygen atoms in total. The number of methoxy groups -OCH3 is 2. The lowest BCUT2D eigenvalue weighted by Crippen LogP contribution is -2.36. The summed E-state index contributed by atoms with van der Waals surface area (Å²) in [6.45, 7) is 2.33. The summed E-state index contributed by atoms with van der Waals surface area (Å²) in [6, 6.07) is 11.1. The number of carbonyl (C=O) groups is 1. The number of hydrogen-bond acceptors (Lipinski definition) is 7. The molecule has 0 aliphatic heterocycles. The van der Waals surface area contributed by atoms with Crippen LogP contribution in [-0.4, -0.2) is 42.3 Å². The zero-order chi connectivity index (χ0) is 29.7. The van der Waals surface area contributed by atoms with Crippen LogP contribution in [0, 0.1) is 0 Å². The minimum atomic E-state index is -0.883. The third-order valence-electron chi connectivity index (χ3n) is 7.42. The van der Waals surface area contributed by atoms with Crippen molar-refractivity contribution in [3.05, 3.63) is 71.1 Å². The number of anilines is 1. The van der Waals surface area contributed by atoms with Crippen LogP contribution in [0.2, 0.25) is 0 Å². The van der Waals surface area contributed by atoms with Crippen molar-refractivity contribution in [2.24, 2.45) is 5.73 Å². The average Bonchev–Trinajstić information content (AvgIpc) is 3.67. The zero-order valence-corrected chi connectivity index (χ0v) is 24.7. The van der Waals surface area contributed by atoms with E-state index in [9.17, 15) is 4.79 Å². The third-order valence-corrected chi connectivity index (χ3v) is 8.30. The molecule has 10 heteroatoms. The van der Waals surface area contributed by atoms with Gasteiger partial charge in [0.2, 0.25) is 0 Å². The van der Waals surface area contributed by atoms with Crippen LogP contribution in [0.15, 0.2) is 66.2 Å². The minimum Gasteiger partial charge on any atom is -0.493 e. The summed E-state index contributed by atoms with van der Waals surface area (Å²) in [7, 11) is 3.20. The van der Waals surface area contributed by atoms with Gasteiger partial charge in [0, 0.05) is 46.7 Å². The maximum Gasteiger partial charge on any atom is 0.320 e. The van der Waals surface area contributed by atoms with Crippen molar-refractivity contribution in [1.29, 1.82) is 0 Å². The third kappa shape index (κ3) is 6.29. The predicted octanol–water partition coefficient (Wildman–Crippen LogP) is 7.28. The fraction of sp³-hybridized carbons (Fsp3) is 0.281. The molecule has 3 aromatic heterocycles. The van der Waals surface area contributed by atoms with E-state index in [-0.39, 0.29) is 11.9 Å². The molecule has 218 valence electrons. The van der Waals surface area contributed by atoms with E-state index in [1.165, 1.54) is 11.3 Å². The first kappa shape index (κ1) is 29.2. The van der Waals surface area contributed by atoms with Crippen molar-refractivity contribution in [3.63, 3.8) is 0 Å². The molecule has 0 spiro atoms. The van der Waals surface area contributed by atoms with Crippen LogP contribution >= 0.6 is 11.3 Å². The number of carbonyl (C=O) groups excluding carboxylic acids is 1. The molecule has 1 aliphatic carbocycles. The Kier molecular flexibility index (Phi) is 8.84. The molecule has 1 saturated carbocycles. The Morgan fingerprint density at radius 1 is 1.00 bits per heavy atom. The lowest BCUT2D eigenvalue weighted by atomic mass is 9.95. The maximum atomic E-state index is 15.2. The van der Waals surface area contributed by atoms with Gasteiger partial charge in [-0.15, -0.1) is 11.3 Å². The Balaban J connectivity index is 1.55. The number of pyridine rings is 2. The van der Waals surface area contributed by atoms with E-state index in [0.29, 0.717) is 36.7 Å². The number of rotatable bonds is 9. The van der Waals surface area contributed by atoms with Crippen LogP contribution in [0.4, 0.5) is 15.0 Å². The second kappa shape index (κ2) is 12.7. The van der Waals surface area contributed by atoms with Crippen molar-refractivity contribution in [2.45, 2.75) is 38.1 Å². The summed E-state index contributed by atoms with van der Waals surface area (Å²) in [5.41, 5.74) is 10.6. The molecule has 2 amide bonds. The fourth-order valence-corrected chi connectivity index (χ4v) is 5.98. The van der Waals surface area contributed by atoms with Crippen LogP contribution in [0.25, 0.3) is 39.5 Å². The summed E-state index contributed by atoms with van der Waals surface area (Å²) in [5, 5.41) is 7.48. The Hall–Kier alpha value is -4.28. The topological polar surface area (TPSA) is 111 Å². The van der Waals surface area contributed by atoms with Crippen LogP contribution in [-0.2, 0) is 0 Å². The second-order valence-electron chi connectivity index (χ2n) is 10.2. The lowest BCUT2D eigenvalue weighted by molar-refractivity contribution is 0.252. The van der Waals surface area contributed by atoms with Crippen LogP contribution in [0.3, 0.4) is 0 Å². The number of thiophene rings is 1. The highest BCUT2D eigenvalue weighted by Gasteiger charge is 2.34. The summed E-state index contributed by atoms with van der Waals surface area (Å²) in [5.74, 6) is 1.37. The molecule has 0 unspecified atom stereocenters. The first-order valence-corrected chi connectivity index (χ1v) is 14.7. The van der Waals surface area contributed by atoms with Gasteiger partial charge in [0.15, 0.2) is 11.5 Å². The highest BCUT2D eigenvalue weighted by atomic mass is 32.1. The minimum absolute atomic E-state index is 0.284. The number of amides is 2. The highest BCUT2D eigenvalue weighted by molar-refractivity contribution is 7.11. The Labute approximate surface area is 248 Å². The van der Waals surface area contributed by atoms with Gasteiger partial charge in [0.1, 0.15) is 11.6 Å². The summed E-state index contributed by atoms with van der Waals surface area (Å²) >= 11 is 1.44. The van der Waals surface area contributed by atoms with E-state index < -0.39 is 5.54 Å². The number of halogens is 1. The summed E-state index contributed by atoms with van der Waals surface area (Å²) in [4.78, 5) is 22.0. The fourth-order valence-electron chi connectivity index (χ4n) is 5.16. The molecule has 0 saturated heterocycles. The van der Waals surface area contributed by atoms with Crippen molar-refractivity contribution in [2.75, 3.05) is 26.1 Å². The molecule has 0 radical (unpaired) electrons. The Bertz CT molecular complexity index is 1610. The molecule has 5 rings (SSSR count). The SMILES string of the molecule is CCNC(=O)Nc1cc(-c2csc(/C=C(\F)C3(N)CCCC3)c2)c(-c2cncc(-c3ccc(OC)c(OC)c3)c2)cn1. The number of ether oxygens (including phenoxy) is 2. The Morgan fingerprint density at radius 2 is 1.76 bits per heavy atom. The van der Waals surface area contributed by atoms with Gasteiger partial charge in [-0.25, -0.2) is 14.2 Å². The monoisotopic (exact) mass is 587 g/mol. The zero-order valence-electron chi connectivity index (χ0n) is 23.9. The van der Waals surface area contributed by atoms with E-state index in [0.717, 1.165) is 51.1 Å². The van der Waals surface area contributed by atoms with Gasteiger partial charge in [0.25, 0.3) is 0 Å². The van der Waals surface area contributed by atoms with E-state index in [2.05, 4.69) is 20.6 Å². The first-order chi connectivity index (χ1) is 20.3. The van der Waals surface area contributed by atoms with Crippen molar-refractivity contribution < 1.29 is 18.7 Å². The van der Waals surface area contributed by atoms with Crippen molar-refractivity contribution in [3.8, 4) is 44.9 Å². The number of nitrogens with one attached hydrogen (secondary N) is 2. The molecule has 0 atom stereocenters. The van der Waals surface area contributed by atoms with Gasteiger partial charge in [-0.2, -0.15) is 0 Å². The predicted molar refractivity (Wildman–Crippen MR) is 166 cm³/mol. The number of urea groups is 1.